The summed E-state index contributed by atoms with van der Waals surface area (Å²) in [6.45, 7) is 2.81. The lowest BCUT2D eigenvalue weighted by Crippen LogP contribution is -2.04. The molecule has 0 spiro atoms. The van der Waals surface area contributed by atoms with Crippen LogP contribution in [-0.4, -0.2) is 16.4 Å². The normalized spacial score (nSPS) is 15.6. The van der Waals surface area contributed by atoms with Gasteiger partial charge in [-0.2, -0.15) is 5.10 Å². The van der Waals surface area contributed by atoms with Gasteiger partial charge in [0, 0.05) is 7.05 Å². The topological polar surface area (TPSA) is 53.1 Å². The molecule has 1 saturated carbocycles. The number of hydrogen-bond donors (Lipinski definition) is 1. The molecule has 1 fully saturated rings. The molecule has 0 unspecified atom stereocenters. The van der Waals surface area contributed by atoms with Gasteiger partial charge in [0.05, 0.1) is 12.3 Å². The first kappa shape index (κ1) is 10.3. The van der Waals surface area contributed by atoms with E-state index in [0.29, 0.717) is 5.69 Å². The molecule has 0 radical (unpaired) electrons. The average molecular weight is 209 g/mol. The highest BCUT2D eigenvalue weighted by Gasteiger charge is 2.21. The molecular formula is C11H19N3O. The second-order valence-electron chi connectivity index (χ2n) is 4.22. The number of nitrogens with zero attached hydrogens (tertiary/aromatic N) is 2. The number of aromatic nitrogens is 2. The van der Waals surface area contributed by atoms with E-state index in [2.05, 4.69) is 5.10 Å². The fourth-order valence-electron chi connectivity index (χ4n) is 1.74. The predicted octanol–water partition coefficient (Wildman–Crippen LogP) is 1.74. The molecule has 0 aromatic carbocycles. The van der Waals surface area contributed by atoms with E-state index in [9.17, 15) is 0 Å². The van der Waals surface area contributed by atoms with E-state index < -0.39 is 0 Å². The maximum Gasteiger partial charge on any atom is 0.235 e. The quantitative estimate of drug-likeness (QED) is 0.803. The van der Waals surface area contributed by atoms with Gasteiger partial charge in [-0.05, 0) is 18.8 Å². The summed E-state index contributed by atoms with van der Waals surface area (Å²) in [5.41, 5.74) is 7.57. The first-order chi connectivity index (χ1) is 7.22. The largest absolute Gasteiger partial charge is 0.476 e. The van der Waals surface area contributed by atoms with Crippen molar-refractivity contribution in [3.63, 3.8) is 0 Å². The van der Waals surface area contributed by atoms with Gasteiger partial charge in [-0.15, -0.1) is 0 Å². The van der Waals surface area contributed by atoms with E-state index in [1.165, 1.54) is 12.8 Å². The molecule has 1 heterocycles. The Bertz CT molecular complexity index is 342. The maximum atomic E-state index is 5.94. The van der Waals surface area contributed by atoms with Gasteiger partial charge < -0.3 is 10.5 Å². The van der Waals surface area contributed by atoms with Crippen molar-refractivity contribution in [2.75, 3.05) is 12.3 Å². The van der Waals surface area contributed by atoms with Crippen LogP contribution in [0.3, 0.4) is 0 Å². The monoisotopic (exact) mass is 209 g/mol. The Kier molecular flexibility index (Phi) is 2.84. The Morgan fingerprint density at radius 3 is 2.80 bits per heavy atom. The highest BCUT2D eigenvalue weighted by atomic mass is 16.5. The maximum absolute atomic E-state index is 5.94. The van der Waals surface area contributed by atoms with Crippen LogP contribution in [0.25, 0.3) is 0 Å². The van der Waals surface area contributed by atoms with Crippen LogP contribution in [-0.2, 0) is 13.5 Å². The summed E-state index contributed by atoms with van der Waals surface area (Å²) in [6.07, 6.45) is 4.73. The van der Waals surface area contributed by atoms with Crippen LogP contribution in [0.5, 0.6) is 5.88 Å². The number of rotatable bonds is 5. The van der Waals surface area contributed by atoms with Crippen LogP contribution in [0.1, 0.15) is 31.9 Å². The van der Waals surface area contributed by atoms with Gasteiger partial charge in [0.2, 0.25) is 5.88 Å². The summed E-state index contributed by atoms with van der Waals surface area (Å²) in [4.78, 5) is 0. The van der Waals surface area contributed by atoms with Gasteiger partial charge in [0.15, 0.2) is 0 Å². The number of nitrogen functional groups attached to an aromatic ring is 1. The molecule has 1 aliphatic rings. The molecule has 84 valence electrons. The van der Waals surface area contributed by atoms with Crippen LogP contribution in [0.4, 0.5) is 5.69 Å². The molecule has 0 saturated heterocycles. The lowest BCUT2D eigenvalue weighted by molar-refractivity contribution is 0.279. The Balaban J connectivity index is 1.95. The van der Waals surface area contributed by atoms with E-state index in [1.54, 1.807) is 4.68 Å². The summed E-state index contributed by atoms with van der Waals surface area (Å²) >= 11 is 0. The second kappa shape index (κ2) is 4.13. The molecule has 0 bridgehead atoms. The minimum Gasteiger partial charge on any atom is -0.476 e. The van der Waals surface area contributed by atoms with Crippen molar-refractivity contribution in [1.82, 2.24) is 9.78 Å². The first-order valence-corrected chi connectivity index (χ1v) is 5.66. The smallest absolute Gasteiger partial charge is 0.235 e. The van der Waals surface area contributed by atoms with Crippen LogP contribution in [0, 0.1) is 5.92 Å². The molecule has 15 heavy (non-hydrogen) atoms. The summed E-state index contributed by atoms with van der Waals surface area (Å²) in [7, 11) is 1.88. The minimum absolute atomic E-state index is 0.704. The van der Waals surface area contributed by atoms with Crippen molar-refractivity contribution in [2.24, 2.45) is 13.0 Å². The van der Waals surface area contributed by atoms with Gasteiger partial charge in [0.1, 0.15) is 5.69 Å². The molecule has 0 aliphatic heterocycles. The Morgan fingerprint density at radius 2 is 2.27 bits per heavy atom. The Labute approximate surface area is 90.4 Å². The first-order valence-electron chi connectivity index (χ1n) is 5.66. The van der Waals surface area contributed by atoms with Crippen molar-refractivity contribution in [3.05, 3.63) is 5.69 Å². The van der Waals surface area contributed by atoms with E-state index in [0.717, 1.165) is 36.9 Å². The fraction of sp³-hybridized carbons (Fsp3) is 0.727. The van der Waals surface area contributed by atoms with Gasteiger partial charge in [0.25, 0.3) is 0 Å². The predicted molar refractivity (Wildman–Crippen MR) is 59.8 cm³/mol. The molecule has 2 N–H and O–H groups in total. The van der Waals surface area contributed by atoms with Crippen LogP contribution in [0.2, 0.25) is 0 Å². The SMILES string of the molecule is CCc1nn(C)c(OCCC2CC2)c1N. The highest BCUT2D eigenvalue weighted by molar-refractivity contribution is 5.53. The fourth-order valence-corrected chi connectivity index (χ4v) is 1.74. The van der Waals surface area contributed by atoms with Gasteiger partial charge in [-0.25, -0.2) is 4.68 Å². The zero-order valence-corrected chi connectivity index (χ0v) is 9.49. The van der Waals surface area contributed by atoms with E-state index in [4.69, 9.17) is 10.5 Å². The third kappa shape index (κ3) is 2.25. The molecular weight excluding hydrogens is 190 g/mol. The zero-order chi connectivity index (χ0) is 10.8. The Morgan fingerprint density at radius 1 is 1.53 bits per heavy atom. The molecule has 1 aromatic rings. The molecule has 1 aromatic heterocycles. The Hall–Kier alpha value is -1.19. The minimum atomic E-state index is 0.704. The molecule has 4 heteroatoms. The van der Waals surface area contributed by atoms with E-state index >= 15 is 0 Å². The molecule has 0 amide bonds. The summed E-state index contributed by atoms with van der Waals surface area (Å²) in [5, 5.41) is 4.31. The lowest BCUT2D eigenvalue weighted by atomic mass is 10.3. The van der Waals surface area contributed by atoms with Gasteiger partial charge in [-0.1, -0.05) is 19.8 Å². The summed E-state index contributed by atoms with van der Waals surface area (Å²) in [6, 6.07) is 0. The number of aryl methyl sites for hydroxylation is 2. The van der Waals surface area contributed by atoms with Crippen molar-refractivity contribution < 1.29 is 4.74 Å². The number of hydrogen-bond acceptors (Lipinski definition) is 3. The number of nitrogens with two attached hydrogens (primary N) is 1. The summed E-state index contributed by atoms with van der Waals surface area (Å²) < 4.78 is 7.41. The molecule has 2 rings (SSSR count). The van der Waals surface area contributed by atoms with Crippen LogP contribution in [0.15, 0.2) is 0 Å². The standard InChI is InChI=1S/C11H19N3O/c1-3-9-10(12)11(14(2)13-9)15-7-6-8-4-5-8/h8H,3-7,12H2,1-2H3. The van der Waals surface area contributed by atoms with E-state index in [-0.39, 0.29) is 0 Å². The van der Waals surface area contributed by atoms with Crippen LogP contribution < -0.4 is 10.5 Å². The molecule has 0 atom stereocenters. The van der Waals surface area contributed by atoms with Gasteiger partial charge in [-0.3, -0.25) is 0 Å². The van der Waals surface area contributed by atoms with Crippen molar-refractivity contribution in [1.29, 1.82) is 0 Å². The van der Waals surface area contributed by atoms with E-state index in [1.807, 2.05) is 14.0 Å². The number of ether oxygens (including phenoxy) is 1. The third-order valence-electron chi connectivity index (χ3n) is 2.90. The van der Waals surface area contributed by atoms with Crippen molar-refractivity contribution >= 4 is 5.69 Å². The van der Waals surface area contributed by atoms with Crippen molar-refractivity contribution in [2.45, 2.75) is 32.6 Å². The van der Waals surface area contributed by atoms with Crippen LogP contribution >= 0.6 is 0 Å². The average Bonchev–Trinajstić information content (AvgIpc) is 2.99. The lowest BCUT2D eigenvalue weighted by Gasteiger charge is -2.06. The third-order valence-corrected chi connectivity index (χ3v) is 2.90. The van der Waals surface area contributed by atoms with Crippen molar-refractivity contribution in [3.8, 4) is 5.88 Å². The number of anilines is 1. The second-order valence-corrected chi connectivity index (χ2v) is 4.22. The molecule has 4 nitrogen and oxygen atoms in total. The molecule has 1 aliphatic carbocycles. The summed E-state index contributed by atoms with van der Waals surface area (Å²) in [5.74, 6) is 1.62. The highest BCUT2D eigenvalue weighted by Crippen LogP contribution is 2.33. The van der Waals surface area contributed by atoms with Gasteiger partial charge >= 0.3 is 0 Å². The zero-order valence-electron chi connectivity index (χ0n) is 9.49.